The molecule has 0 aliphatic carbocycles. The van der Waals surface area contributed by atoms with Crippen LogP contribution in [0.3, 0.4) is 0 Å². The van der Waals surface area contributed by atoms with Crippen molar-refractivity contribution in [1.82, 2.24) is 0 Å². The third-order valence-corrected chi connectivity index (χ3v) is 2.23. The van der Waals surface area contributed by atoms with Crippen LogP contribution in [0.1, 0.15) is 0 Å². The van der Waals surface area contributed by atoms with Crippen LogP contribution in [0.4, 0.5) is 0 Å². The second-order valence-corrected chi connectivity index (χ2v) is 2.99. The average Bonchev–Trinajstić information content (AvgIpc) is 2.16. The molecule has 1 rings (SSSR count). The van der Waals surface area contributed by atoms with E-state index in [4.69, 9.17) is 19.7 Å². The highest BCUT2D eigenvalue weighted by molar-refractivity contribution is 4.92. The number of aliphatic hydroxyl groups excluding tert-OH is 4. The summed E-state index contributed by atoms with van der Waals surface area (Å²) in [6.07, 6.45) is -4.00. The fraction of sp³-hybridized carbons (Fsp3) is 1.00. The van der Waals surface area contributed by atoms with Crippen LogP contribution < -0.4 is 0 Å². The second kappa shape index (κ2) is 3.87. The Morgan fingerprint density at radius 3 is 2.54 bits per heavy atom. The fourth-order valence-electron chi connectivity index (χ4n) is 1.26. The number of methoxy groups -OCH3 is 1. The number of aliphatic hydroxyl groups is 4. The summed E-state index contributed by atoms with van der Waals surface area (Å²) in [6.45, 7) is -0.777. The molecule has 13 heavy (non-hydrogen) atoms. The van der Waals surface area contributed by atoms with Crippen LogP contribution in [0.15, 0.2) is 0 Å². The summed E-state index contributed by atoms with van der Waals surface area (Å²) < 4.78 is 9.69. The van der Waals surface area contributed by atoms with Gasteiger partial charge in [-0.05, 0) is 0 Å². The van der Waals surface area contributed by atoms with Crippen LogP contribution in [0.2, 0.25) is 0 Å². The van der Waals surface area contributed by atoms with Gasteiger partial charge in [-0.25, -0.2) is 0 Å². The van der Waals surface area contributed by atoms with Gasteiger partial charge in [-0.15, -0.1) is 0 Å². The van der Waals surface area contributed by atoms with Gasteiger partial charge >= 0.3 is 0 Å². The van der Waals surface area contributed by atoms with Crippen LogP contribution in [0, 0.1) is 0 Å². The zero-order chi connectivity index (χ0) is 10.1. The molecule has 0 aromatic heterocycles. The topological polar surface area (TPSA) is 99.4 Å². The summed E-state index contributed by atoms with van der Waals surface area (Å²) in [5, 5.41) is 36.7. The van der Waals surface area contributed by atoms with E-state index >= 15 is 0 Å². The highest BCUT2D eigenvalue weighted by Gasteiger charge is 2.49. The molecule has 0 aromatic carbocycles. The Kier molecular flexibility index (Phi) is 3.23. The van der Waals surface area contributed by atoms with Gasteiger partial charge in [-0.3, -0.25) is 0 Å². The van der Waals surface area contributed by atoms with Crippen LogP contribution in [-0.2, 0) is 9.47 Å². The Morgan fingerprint density at radius 2 is 2.08 bits per heavy atom. The maximum absolute atomic E-state index is 9.44. The maximum atomic E-state index is 9.44. The van der Waals surface area contributed by atoms with Crippen molar-refractivity contribution in [3.63, 3.8) is 0 Å². The lowest BCUT2D eigenvalue weighted by Gasteiger charge is -2.42. The predicted octanol–water partition coefficient (Wildman–Crippen LogP) is -2.57. The first-order valence-electron chi connectivity index (χ1n) is 3.91. The zero-order valence-corrected chi connectivity index (χ0v) is 7.25. The first kappa shape index (κ1) is 10.8. The minimum Gasteiger partial charge on any atom is -0.391 e. The van der Waals surface area contributed by atoms with Crippen LogP contribution in [0.25, 0.3) is 0 Å². The Morgan fingerprint density at radius 1 is 1.46 bits per heavy atom. The summed E-state index contributed by atoms with van der Waals surface area (Å²) in [7, 11) is 1.24. The van der Waals surface area contributed by atoms with E-state index in [0.717, 1.165) is 0 Å². The molecule has 0 saturated carbocycles. The molecule has 0 spiro atoms. The third kappa shape index (κ3) is 1.69. The molecular weight excluding hydrogens is 180 g/mol. The molecule has 1 aliphatic heterocycles. The average molecular weight is 194 g/mol. The Hall–Kier alpha value is -0.240. The van der Waals surface area contributed by atoms with Crippen LogP contribution in [0.5, 0.6) is 0 Å². The molecule has 0 bridgehead atoms. The molecule has 4 atom stereocenters. The Labute approximate surface area is 75.3 Å². The van der Waals surface area contributed by atoms with Crippen molar-refractivity contribution in [2.45, 2.75) is 24.1 Å². The van der Waals surface area contributed by atoms with Gasteiger partial charge in [-0.2, -0.15) is 0 Å². The molecule has 0 unspecified atom stereocenters. The molecule has 6 nitrogen and oxygen atoms in total. The highest BCUT2D eigenvalue weighted by atomic mass is 16.7. The Bertz CT molecular complexity index is 168. The van der Waals surface area contributed by atoms with E-state index in [0.29, 0.717) is 0 Å². The van der Waals surface area contributed by atoms with Crippen molar-refractivity contribution in [3.8, 4) is 0 Å². The highest BCUT2D eigenvalue weighted by Crippen LogP contribution is 2.26. The molecule has 1 heterocycles. The van der Waals surface area contributed by atoms with Crippen molar-refractivity contribution in [2.24, 2.45) is 0 Å². The SMILES string of the molecule is CO[C@@]1(CO)OC[C@@H](O)[C@@H](O)[C@@H]1O. The van der Waals surface area contributed by atoms with E-state index in [1.807, 2.05) is 0 Å². The fourth-order valence-corrected chi connectivity index (χ4v) is 1.26. The Balaban J connectivity index is 2.77. The van der Waals surface area contributed by atoms with E-state index in [2.05, 4.69) is 0 Å². The summed E-state index contributed by atoms with van der Waals surface area (Å²) in [6, 6.07) is 0. The quantitative estimate of drug-likeness (QED) is 0.386. The number of hydrogen-bond donors (Lipinski definition) is 4. The number of hydrogen-bond acceptors (Lipinski definition) is 6. The molecule has 0 aromatic rings. The van der Waals surface area contributed by atoms with Crippen molar-refractivity contribution in [1.29, 1.82) is 0 Å². The molecule has 1 fully saturated rings. The standard InChI is InChI=1S/C7H14O6/c1-12-7(3-8)6(11)5(10)4(9)2-13-7/h4-6,8-11H,2-3H2,1H3/t4-,5-,6+,7+/m1/s1. The van der Waals surface area contributed by atoms with E-state index < -0.39 is 30.7 Å². The predicted molar refractivity (Wildman–Crippen MR) is 40.8 cm³/mol. The van der Waals surface area contributed by atoms with Gasteiger partial charge in [0.25, 0.3) is 0 Å². The summed E-state index contributed by atoms with van der Waals surface area (Å²) in [4.78, 5) is 0. The first-order valence-corrected chi connectivity index (χ1v) is 3.91. The molecule has 0 amide bonds. The smallest absolute Gasteiger partial charge is 0.220 e. The van der Waals surface area contributed by atoms with Gasteiger partial charge in [0.2, 0.25) is 5.79 Å². The molecule has 6 heteroatoms. The van der Waals surface area contributed by atoms with Crippen molar-refractivity contribution < 1.29 is 29.9 Å². The number of rotatable bonds is 2. The largest absolute Gasteiger partial charge is 0.391 e. The summed E-state index contributed by atoms with van der Waals surface area (Å²) in [5.41, 5.74) is 0. The van der Waals surface area contributed by atoms with Gasteiger partial charge in [-0.1, -0.05) is 0 Å². The van der Waals surface area contributed by atoms with Crippen LogP contribution >= 0.6 is 0 Å². The molecule has 1 saturated heterocycles. The minimum absolute atomic E-state index is 0.188. The van der Waals surface area contributed by atoms with E-state index in [-0.39, 0.29) is 6.61 Å². The van der Waals surface area contributed by atoms with Crippen molar-refractivity contribution >= 4 is 0 Å². The molecule has 1 aliphatic rings. The third-order valence-electron chi connectivity index (χ3n) is 2.23. The van der Waals surface area contributed by atoms with Crippen molar-refractivity contribution in [3.05, 3.63) is 0 Å². The molecule has 0 radical (unpaired) electrons. The normalized spacial score (nSPS) is 46.4. The van der Waals surface area contributed by atoms with E-state index in [1.165, 1.54) is 7.11 Å². The lowest BCUT2D eigenvalue weighted by Crippen LogP contribution is -2.63. The number of ether oxygens (including phenoxy) is 2. The summed E-state index contributed by atoms with van der Waals surface area (Å²) >= 11 is 0. The first-order chi connectivity index (χ1) is 6.07. The summed E-state index contributed by atoms with van der Waals surface area (Å²) in [5.74, 6) is -1.63. The van der Waals surface area contributed by atoms with Gasteiger partial charge in [0.1, 0.15) is 24.9 Å². The van der Waals surface area contributed by atoms with Crippen LogP contribution in [-0.4, -0.2) is 64.8 Å². The second-order valence-electron chi connectivity index (χ2n) is 2.99. The molecule has 4 N–H and O–H groups in total. The van der Waals surface area contributed by atoms with Gasteiger partial charge < -0.3 is 29.9 Å². The van der Waals surface area contributed by atoms with Gasteiger partial charge in [0.15, 0.2) is 0 Å². The van der Waals surface area contributed by atoms with Gasteiger partial charge in [0.05, 0.1) is 6.61 Å². The zero-order valence-electron chi connectivity index (χ0n) is 7.25. The van der Waals surface area contributed by atoms with Gasteiger partial charge in [0, 0.05) is 7.11 Å². The molecular formula is C7H14O6. The monoisotopic (exact) mass is 194 g/mol. The lowest BCUT2D eigenvalue weighted by atomic mass is 9.97. The maximum Gasteiger partial charge on any atom is 0.220 e. The van der Waals surface area contributed by atoms with E-state index in [9.17, 15) is 10.2 Å². The lowest BCUT2D eigenvalue weighted by molar-refractivity contribution is -0.340. The minimum atomic E-state index is -1.63. The van der Waals surface area contributed by atoms with Crippen molar-refractivity contribution in [2.75, 3.05) is 20.3 Å². The molecule has 78 valence electrons. The van der Waals surface area contributed by atoms with E-state index in [1.54, 1.807) is 0 Å².